The van der Waals surface area contributed by atoms with Crippen molar-refractivity contribution in [3.8, 4) is 0 Å². The van der Waals surface area contributed by atoms with Crippen LogP contribution in [0.5, 0.6) is 0 Å². The molecule has 0 aliphatic carbocycles. The lowest BCUT2D eigenvalue weighted by Crippen LogP contribution is -2.40. The standard InChI is InChI=1S/C20H24F3N5O/c1-2-13-11-17(20(21,22)23)28-18(25-13)12-15(26-28)16-8-4-6-10-27(16)19(29)14-7-3-5-9-24-14/h3,5,7,9,12-13,16-17,25H,2,4,6,8,10-11H2,1H3/t13-,16?,17-/m1/s1. The number of carbonyl (C=O) groups is 1. The lowest BCUT2D eigenvalue weighted by Gasteiger charge is -2.34. The first kappa shape index (κ1) is 19.7. The fraction of sp³-hybridized carbons (Fsp3) is 0.550. The predicted octanol–water partition coefficient (Wildman–Crippen LogP) is 4.34. The van der Waals surface area contributed by atoms with Crippen molar-refractivity contribution in [1.82, 2.24) is 19.7 Å². The Bertz CT molecular complexity index is 867. The van der Waals surface area contributed by atoms with Gasteiger partial charge in [0, 0.05) is 24.8 Å². The Morgan fingerprint density at radius 3 is 2.83 bits per heavy atom. The number of anilines is 1. The van der Waals surface area contributed by atoms with Gasteiger partial charge < -0.3 is 10.2 Å². The summed E-state index contributed by atoms with van der Waals surface area (Å²) in [5, 5.41) is 7.51. The molecule has 4 rings (SSSR count). The van der Waals surface area contributed by atoms with Crippen molar-refractivity contribution in [2.24, 2.45) is 0 Å². The number of amides is 1. The summed E-state index contributed by atoms with van der Waals surface area (Å²) in [7, 11) is 0. The van der Waals surface area contributed by atoms with Gasteiger partial charge in [0.1, 0.15) is 11.5 Å². The number of nitrogens with zero attached hydrogens (tertiary/aromatic N) is 4. The zero-order valence-electron chi connectivity index (χ0n) is 16.2. The number of carbonyl (C=O) groups excluding carboxylic acids is 1. The van der Waals surface area contributed by atoms with E-state index < -0.39 is 12.2 Å². The first-order valence-corrected chi connectivity index (χ1v) is 10.0. The minimum atomic E-state index is -4.37. The molecule has 2 aliphatic heterocycles. The Labute approximate surface area is 167 Å². The molecule has 1 N–H and O–H groups in total. The topological polar surface area (TPSA) is 63.1 Å². The molecule has 2 aromatic heterocycles. The van der Waals surface area contributed by atoms with E-state index in [-0.39, 0.29) is 24.4 Å². The summed E-state index contributed by atoms with van der Waals surface area (Å²) < 4.78 is 42.0. The second-order valence-electron chi connectivity index (χ2n) is 7.67. The molecule has 4 heterocycles. The molecule has 0 saturated carbocycles. The van der Waals surface area contributed by atoms with Crippen LogP contribution in [-0.4, -0.2) is 44.3 Å². The number of nitrogens with one attached hydrogen (secondary N) is 1. The highest BCUT2D eigenvalue weighted by atomic mass is 19.4. The first-order valence-electron chi connectivity index (χ1n) is 10.0. The largest absolute Gasteiger partial charge is 0.410 e. The van der Waals surface area contributed by atoms with Gasteiger partial charge in [-0.25, -0.2) is 4.68 Å². The third-order valence-electron chi connectivity index (χ3n) is 5.77. The lowest BCUT2D eigenvalue weighted by atomic mass is 9.98. The summed E-state index contributed by atoms with van der Waals surface area (Å²) in [6.45, 7) is 2.41. The van der Waals surface area contributed by atoms with Gasteiger partial charge in [-0.15, -0.1) is 0 Å². The maximum atomic E-state index is 13.6. The van der Waals surface area contributed by atoms with E-state index in [0.29, 0.717) is 36.6 Å². The third kappa shape index (κ3) is 3.82. The van der Waals surface area contributed by atoms with Crippen LogP contribution in [0.3, 0.4) is 0 Å². The van der Waals surface area contributed by atoms with Crippen LogP contribution in [0.1, 0.15) is 67.3 Å². The maximum Gasteiger partial charge on any atom is 0.410 e. The Morgan fingerprint density at radius 1 is 1.31 bits per heavy atom. The van der Waals surface area contributed by atoms with Gasteiger partial charge in [-0.1, -0.05) is 13.0 Å². The second kappa shape index (κ2) is 7.68. The number of likely N-dealkylation sites (tertiary alicyclic amines) is 1. The number of alkyl halides is 3. The number of hydrogen-bond acceptors (Lipinski definition) is 4. The van der Waals surface area contributed by atoms with Gasteiger partial charge in [0.25, 0.3) is 5.91 Å². The van der Waals surface area contributed by atoms with Crippen LogP contribution in [0, 0.1) is 0 Å². The zero-order chi connectivity index (χ0) is 20.6. The van der Waals surface area contributed by atoms with E-state index in [2.05, 4.69) is 15.4 Å². The van der Waals surface area contributed by atoms with Gasteiger partial charge in [0.05, 0.1) is 11.7 Å². The Morgan fingerprint density at radius 2 is 2.14 bits per heavy atom. The van der Waals surface area contributed by atoms with Gasteiger partial charge in [-0.05, 0) is 44.2 Å². The van der Waals surface area contributed by atoms with E-state index in [4.69, 9.17) is 0 Å². The van der Waals surface area contributed by atoms with Crippen LogP contribution >= 0.6 is 0 Å². The molecule has 29 heavy (non-hydrogen) atoms. The Balaban J connectivity index is 1.67. The number of hydrogen-bond donors (Lipinski definition) is 1. The monoisotopic (exact) mass is 407 g/mol. The average molecular weight is 407 g/mol. The predicted molar refractivity (Wildman–Crippen MR) is 102 cm³/mol. The van der Waals surface area contributed by atoms with Crippen molar-refractivity contribution in [2.75, 3.05) is 11.9 Å². The van der Waals surface area contributed by atoms with Crippen LogP contribution in [0.25, 0.3) is 0 Å². The number of piperidine rings is 1. The van der Waals surface area contributed by atoms with E-state index in [9.17, 15) is 18.0 Å². The second-order valence-corrected chi connectivity index (χ2v) is 7.67. The van der Waals surface area contributed by atoms with Crippen LogP contribution in [0.4, 0.5) is 19.0 Å². The summed E-state index contributed by atoms with van der Waals surface area (Å²) in [6, 6.07) is 4.55. The molecule has 6 nitrogen and oxygen atoms in total. The van der Waals surface area contributed by atoms with Crippen LogP contribution in [0.15, 0.2) is 30.5 Å². The lowest BCUT2D eigenvalue weighted by molar-refractivity contribution is -0.173. The van der Waals surface area contributed by atoms with Crippen LogP contribution in [-0.2, 0) is 0 Å². The highest BCUT2D eigenvalue weighted by molar-refractivity contribution is 5.92. The van der Waals surface area contributed by atoms with Crippen molar-refractivity contribution in [3.05, 3.63) is 41.9 Å². The molecule has 1 amide bonds. The third-order valence-corrected chi connectivity index (χ3v) is 5.77. The number of aromatic nitrogens is 3. The van der Waals surface area contributed by atoms with Crippen molar-refractivity contribution in [3.63, 3.8) is 0 Å². The van der Waals surface area contributed by atoms with Crippen LogP contribution in [0.2, 0.25) is 0 Å². The molecule has 0 spiro atoms. The summed E-state index contributed by atoms with van der Waals surface area (Å²) in [6.07, 6.45) is 0.156. The fourth-order valence-corrected chi connectivity index (χ4v) is 4.22. The Hall–Kier alpha value is -2.58. The molecule has 0 aromatic carbocycles. The summed E-state index contributed by atoms with van der Waals surface area (Å²) in [5.41, 5.74) is 0.836. The molecular weight excluding hydrogens is 383 g/mol. The van der Waals surface area contributed by atoms with Crippen molar-refractivity contribution < 1.29 is 18.0 Å². The van der Waals surface area contributed by atoms with E-state index in [1.54, 1.807) is 35.4 Å². The van der Waals surface area contributed by atoms with Crippen molar-refractivity contribution in [1.29, 1.82) is 0 Å². The average Bonchev–Trinajstić information content (AvgIpc) is 3.16. The van der Waals surface area contributed by atoms with E-state index in [1.807, 2.05) is 6.92 Å². The number of halogens is 3. The summed E-state index contributed by atoms with van der Waals surface area (Å²) in [5.74, 6) is 0.157. The van der Waals surface area contributed by atoms with E-state index in [1.165, 1.54) is 0 Å². The van der Waals surface area contributed by atoms with Crippen molar-refractivity contribution in [2.45, 2.75) is 63.3 Å². The highest BCUT2D eigenvalue weighted by Crippen LogP contribution is 2.42. The number of pyridine rings is 1. The van der Waals surface area contributed by atoms with E-state index >= 15 is 0 Å². The fourth-order valence-electron chi connectivity index (χ4n) is 4.22. The number of fused-ring (bicyclic) bond motifs is 1. The van der Waals surface area contributed by atoms with Gasteiger partial charge in [-0.3, -0.25) is 9.78 Å². The molecule has 1 unspecified atom stereocenters. The molecule has 9 heteroatoms. The molecule has 1 saturated heterocycles. The maximum absolute atomic E-state index is 13.6. The van der Waals surface area contributed by atoms with Crippen LogP contribution < -0.4 is 5.32 Å². The summed E-state index contributed by atoms with van der Waals surface area (Å²) in [4.78, 5) is 18.8. The molecule has 0 bridgehead atoms. The van der Waals surface area contributed by atoms with Crippen molar-refractivity contribution >= 4 is 11.7 Å². The quantitative estimate of drug-likeness (QED) is 0.822. The normalized spacial score (nSPS) is 24.7. The highest BCUT2D eigenvalue weighted by Gasteiger charge is 2.46. The molecule has 0 radical (unpaired) electrons. The number of rotatable bonds is 3. The Kier molecular flexibility index (Phi) is 5.23. The van der Waals surface area contributed by atoms with Gasteiger partial charge >= 0.3 is 6.18 Å². The summed E-state index contributed by atoms with van der Waals surface area (Å²) >= 11 is 0. The first-order chi connectivity index (χ1) is 13.9. The SMILES string of the molecule is CC[C@@H]1C[C@H](C(F)(F)F)n2nc(C3CCCCN3C(=O)c3ccccn3)cc2N1. The van der Waals surface area contributed by atoms with Gasteiger partial charge in [-0.2, -0.15) is 18.3 Å². The molecule has 3 atom stereocenters. The van der Waals surface area contributed by atoms with E-state index in [0.717, 1.165) is 17.5 Å². The minimum absolute atomic E-state index is 0.0463. The molecule has 1 fully saturated rings. The van der Waals surface area contributed by atoms with Gasteiger partial charge in [0.2, 0.25) is 0 Å². The molecule has 156 valence electrons. The smallest absolute Gasteiger partial charge is 0.367 e. The van der Waals surface area contributed by atoms with Gasteiger partial charge in [0.15, 0.2) is 6.04 Å². The molecule has 2 aromatic rings. The zero-order valence-corrected chi connectivity index (χ0v) is 16.2. The minimum Gasteiger partial charge on any atom is -0.367 e. The molecule has 2 aliphatic rings. The molecular formula is C20H24F3N5O.